The minimum Gasteiger partial charge on any atom is -0.465 e. The van der Waals surface area contributed by atoms with E-state index >= 15 is 0 Å². The molecule has 4 N–H and O–H groups in total. The number of amides is 4. The summed E-state index contributed by atoms with van der Waals surface area (Å²) in [7, 11) is 1.28. The summed E-state index contributed by atoms with van der Waals surface area (Å²) in [4.78, 5) is 70.6. The first-order valence-corrected chi connectivity index (χ1v) is 16.5. The van der Waals surface area contributed by atoms with Gasteiger partial charge in [0.25, 0.3) is 0 Å². The molecule has 0 aliphatic rings. The number of Topliss-reactive ketones (excluding diaryl/α,β-unsaturated/α-hetero) is 1. The van der Waals surface area contributed by atoms with Crippen molar-refractivity contribution < 1.29 is 48.7 Å². The van der Waals surface area contributed by atoms with Crippen molar-refractivity contribution in [3.05, 3.63) is 125 Å². The number of hydrogen-bond donors (Lipinski definition) is 4. The van der Waals surface area contributed by atoms with Crippen LogP contribution in [0.4, 0.5) is 26.7 Å². The van der Waals surface area contributed by atoms with Gasteiger partial charge in [0.1, 0.15) is 0 Å². The molecule has 0 bridgehead atoms. The van der Waals surface area contributed by atoms with E-state index in [1.54, 1.807) is 111 Å². The molecule has 4 aromatic rings. The summed E-state index contributed by atoms with van der Waals surface area (Å²) in [5, 5.41) is 10.6. The zero-order valence-electron chi connectivity index (χ0n) is 30.0. The Morgan fingerprint density at radius 3 is 1.58 bits per heavy atom. The van der Waals surface area contributed by atoms with Crippen LogP contribution in [0.2, 0.25) is 0 Å². The molecule has 0 saturated heterocycles. The number of urea groups is 2. The highest BCUT2D eigenvalue weighted by Gasteiger charge is 2.15. The van der Waals surface area contributed by atoms with E-state index in [4.69, 9.17) is 9.47 Å². The van der Waals surface area contributed by atoms with Crippen LogP contribution in [0.1, 0.15) is 87.3 Å². The van der Waals surface area contributed by atoms with E-state index in [0.29, 0.717) is 34.8 Å². The maximum atomic E-state index is 12.1. The molecule has 4 amide bonds. The summed E-state index contributed by atoms with van der Waals surface area (Å²) in [6.07, 6.45) is 0. The second-order valence-electron chi connectivity index (χ2n) is 10.2. The Bertz CT molecular complexity index is 1830. The lowest BCUT2D eigenvalue weighted by Gasteiger charge is -2.11. The molecule has 0 saturated carbocycles. The Morgan fingerprint density at radius 1 is 0.577 bits per heavy atom. The van der Waals surface area contributed by atoms with Gasteiger partial charge in [0.15, 0.2) is 5.78 Å². The Kier molecular flexibility index (Phi) is 17.8. The molecule has 0 radical (unpaired) electrons. The summed E-state index contributed by atoms with van der Waals surface area (Å²) < 4.78 is 14.6. The van der Waals surface area contributed by atoms with Gasteiger partial charge in [-0.1, -0.05) is 50.2 Å². The number of benzene rings is 4. The van der Waals surface area contributed by atoms with E-state index in [1.165, 1.54) is 14.0 Å². The van der Waals surface area contributed by atoms with Crippen LogP contribution in [0.15, 0.2) is 97.1 Å². The second kappa shape index (κ2) is 22.3. The fourth-order valence-electron chi connectivity index (χ4n) is 4.25. The van der Waals surface area contributed by atoms with E-state index in [1.807, 2.05) is 13.8 Å². The quantitative estimate of drug-likeness (QED) is 0.0670. The van der Waals surface area contributed by atoms with Crippen LogP contribution < -0.4 is 21.3 Å². The van der Waals surface area contributed by atoms with Crippen LogP contribution >= 0.6 is 0 Å². The maximum absolute atomic E-state index is 12.1. The number of carbonyl (C=O) groups is 6. The van der Waals surface area contributed by atoms with Gasteiger partial charge in [-0.15, -0.1) is 0 Å². The molecule has 0 aromatic heterocycles. The van der Waals surface area contributed by atoms with Gasteiger partial charge < -0.3 is 35.5 Å². The molecule has 0 atom stereocenters. The highest BCUT2D eigenvalue weighted by atomic mass is 16.5. The zero-order chi connectivity index (χ0) is 38.5. The van der Waals surface area contributed by atoms with Crippen LogP contribution in [0.25, 0.3) is 0 Å². The van der Waals surface area contributed by atoms with Gasteiger partial charge in [0.05, 0.1) is 48.4 Å². The van der Waals surface area contributed by atoms with E-state index in [-0.39, 0.29) is 41.7 Å². The van der Waals surface area contributed by atoms with Crippen molar-refractivity contribution in [2.45, 2.75) is 41.2 Å². The van der Waals surface area contributed by atoms with Gasteiger partial charge in [-0.2, -0.15) is 0 Å². The monoisotopic (exact) mass is 720 g/mol. The summed E-state index contributed by atoms with van der Waals surface area (Å²) in [6, 6.07) is 25.5. The number of anilines is 3. The van der Waals surface area contributed by atoms with Gasteiger partial charge >= 0.3 is 30.0 Å². The Hall–Kier alpha value is -6.50. The molecular formula is C39H52N4O9. The van der Waals surface area contributed by atoms with Crippen LogP contribution in [0.5, 0.6) is 0 Å². The first-order valence-electron chi connectivity index (χ1n) is 16.5. The summed E-state index contributed by atoms with van der Waals surface area (Å²) in [6.45, 7) is 9.76. The number of ether oxygens (including phenoxy) is 3. The molecule has 4 rings (SSSR count). The number of ketones is 1. The molecule has 0 spiro atoms. The van der Waals surface area contributed by atoms with Crippen LogP contribution in [-0.2, 0) is 20.8 Å². The first kappa shape index (κ1) is 41.7. The van der Waals surface area contributed by atoms with Crippen LogP contribution in [0.3, 0.4) is 0 Å². The Morgan fingerprint density at radius 2 is 1.06 bits per heavy atom. The van der Waals surface area contributed by atoms with Gasteiger partial charge in [0.2, 0.25) is 0 Å². The van der Waals surface area contributed by atoms with Crippen molar-refractivity contribution in [2.75, 3.05) is 36.3 Å². The minimum absolute atomic E-state index is 0. The fraction of sp³-hybridized carbons (Fsp3) is 0.231. The molecule has 0 fully saturated rings. The molecule has 13 heteroatoms. The number of carbonyl (C=O) groups excluding carboxylic acids is 6. The van der Waals surface area contributed by atoms with Crippen LogP contribution in [-0.4, -0.2) is 56.1 Å². The lowest BCUT2D eigenvalue weighted by molar-refractivity contribution is 0.0517. The Labute approximate surface area is 309 Å². The first-order chi connectivity index (χ1) is 25.1. The largest absolute Gasteiger partial charge is 0.465 e. The average Bonchev–Trinajstić information content (AvgIpc) is 3.15. The predicted molar refractivity (Wildman–Crippen MR) is 207 cm³/mol. The van der Waals surface area contributed by atoms with Crippen LogP contribution in [0, 0.1) is 0 Å². The van der Waals surface area contributed by atoms with Gasteiger partial charge in [0, 0.05) is 23.5 Å². The molecule has 0 aliphatic heterocycles. The van der Waals surface area contributed by atoms with E-state index in [2.05, 4.69) is 26.0 Å². The van der Waals surface area contributed by atoms with Crippen molar-refractivity contribution in [1.82, 2.24) is 5.32 Å². The smallest absolute Gasteiger partial charge is 0.340 e. The molecule has 0 heterocycles. The summed E-state index contributed by atoms with van der Waals surface area (Å²) in [5.41, 5.74) is 3.62. The number of hydrogen-bond acceptors (Lipinski definition) is 9. The Balaban J connectivity index is -0.000000901. The summed E-state index contributed by atoms with van der Waals surface area (Å²) in [5.74, 6) is -1.46. The normalized spacial score (nSPS) is 9.65. The van der Waals surface area contributed by atoms with Crippen molar-refractivity contribution in [3.63, 3.8) is 0 Å². The second-order valence-corrected chi connectivity index (χ2v) is 10.2. The number of rotatable bonds is 11. The van der Waals surface area contributed by atoms with E-state index in [9.17, 15) is 28.8 Å². The third-order valence-electron chi connectivity index (χ3n) is 6.72. The fourth-order valence-corrected chi connectivity index (χ4v) is 4.25. The SMILES string of the molecule is CC.CCOC(=O)c1ccc(CNC(=O)Nc2ccccc2C(=O)OC)cc1.CCOC(=O)c1ccccc1NC(=O)Nc1ccc(C(C)=O)cc1.[HH].[HH].[HH].[HH]. The molecule has 0 aliphatic carbocycles. The number of methoxy groups -OCH3 is 1. The average molecular weight is 721 g/mol. The lowest BCUT2D eigenvalue weighted by atomic mass is 10.1. The van der Waals surface area contributed by atoms with Gasteiger partial charge in [-0.3, -0.25) is 4.79 Å². The maximum Gasteiger partial charge on any atom is 0.340 e. The van der Waals surface area contributed by atoms with E-state index in [0.717, 1.165) is 5.56 Å². The lowest BCUT2D eigenvalue weighted by Crippen LogP contribution is -2.29. The van der Waals surface area contributed by atoms with Crippen molar-refractivity contribution in [3.8, 4) is 0 Å². The van der Waals surface area contributed by atoms with E-state index < -0.39 is 24.0 Å². The van der Waals surface area contributed by atoms with Crippen molar-refractivity contribution in [2.24, 2.45) is 0 Å². The number of para-hydroxylation sites is 2. The molecular weight excluding hydrogens is 668 g/mol. The third kappa shape index (κ3) is 13.4. The highest BCUT2D eigenvalue weighted by Crippen LogP contribution is 2.18. The standard InChI is InChI=1S/C19H20N2O5.C18H18N2O4.C2H6.4H2/c1-3-26-17(22)14-10-8-13(9-11-14)12-20-19(24)21-16-7-5-4-6-15(16)18(23)25-2;1-3-24-17(22)15-6-4-5-7-16(15)20-18(23)19-14-10-8-13(9-11-14)12(2)21;1-2;;;;/h4-11H,3,12H2,1-2H3,(H2,20,21,24);4-11H,3H2,1-2H3,(H2,19,20,23);1-2H3;4*1H. The third-order valence-corrected chi connectivity index (χ3v) is 6.72. The van der Waals surface area contributed by atoms with Crippen molar-refractivity contribution in [1.29, 1.82) is 0 Å². The summed E-state index contributed by atoms with van der Waals surface area (Å²) >= 11 is 0. The predicted octanol–water partition coefficient (Wildman–Crippen LogP) is 8.69. The molecule has 13 nitrogen and oxygen atoms in total. The molecule has 52 heavy (non-hydrogen) atoms. The van der Waals surface area contributed by atoms with Crippen molar-refractivity contribution >= 4 is 52.8 Å². The zero-order valence-corrected chi connectivity index (χ0v) is 30.0. The topological polar surface area (TPSA) is 178 Å². The van der Waals surface area contributed by atoms with Gasteiger partial charge in [-0.25, -0.2) is 24.0 Å². The molecule has 4 aromatic carbocycles. The van der Waals surface area contributed by atoms with Gasteiger partial charge in [-0.05, 0) is 87.0 Å². The number of esters is 3. The minimum atomic E-state index is -0.532. The highest BCUT2D eigenvalue weighted by molar-refractivity contribution is 6.05. The molecule has 282 valence electrons. The molecule has 0 unspecified atom stereocenters. The number of nitrogens with one attached hydrogen (secondary N) is 4.